The van der Waals surface area contributed by atoms with Gasteiger partial charge in [0.1, 0.15) is 0 Å². The zero-order valence-corrected chi connectivity index (χ0v) is 11.7. The minimum absolute atomic E-state index is 0.251. The van der Waals surface area contributed by atoms with Crippen LogP contribution in [0.4, 0.5) is 0 Å². The van der Waals surface area contributed by atoms with Crippen molar-refractivity contribution in [1.82, 2.24) is 10.2 Å². The lowest BCUT2D eigenvalue weighted by Gasteiger charge is -2.29. The van der Waals surface area contributed by atoms with Crippen molar-refractivity contribution in [3.63, 3.8) is 0 Å². The fourth-order valence-electron chi connectivity index (χ4n) is 2.35. The summed E-state index contributed by atoms with van der Waals surface area (Å²) in [4.78, 5) is 13.5. The first-order valence-electron chi connectivity index (χ1n) is 6.92. The van der Waals surface area contributed by atoms with Crippen LogP contribution in [0.2, 0.25) is 0 Å². The van der Waals surface area contributed by atoms with E-state index >= 15 is 0 Å². The van der Waals surface area contributed by atoms with Gasteiger partial charge in [-0.3, -0.25) is 4.79 Å². The minimum atomic E-state index is -0.268. The van der Waals surface area contributed by atoms with E-state index in [1.165, 1.54) is 6.42 Å². The van der Waals surface area contributed by atoms with E-state index in [1.54, 1.807) is 0 Å². The molecule has 2 atom stereocenters. The van der Waals surface area contributed by atoms with Gasteiger partial charge in [-0.15, -0.1) is 0 Å². The lowest BCUT2D eigenvalue weighted by Crippen LogP contribution is -2.49. The predicted molar refractivity (Wildman–Crippen MR) is 72.3 cm³/mol. The molecule has 0 radical (unpaired) electrons. The van der Waals surface area contributed by atoms with E-state index in [1.807, 2.05) is 7.05 Å². The van der Waals surface area contributed by atoms with Gasteiger partial charge in [0.2, 0.25) is 5.91 Å². The van der Waals surface area contributed by atoms with Gasteiger partial charge >= 0.3 is 0 Å². The van der Waals surface area contributed by atoms with Crippen molar-refractivity contribution >= 4 is 5.91 Å². The van der Waals surface area contributed by atoms with Gasteiger partial charge in [-0.2, -0.15) is 0 Å². The first-order chi connectivity index (χ1) is 8.63. The lowest BCUT2D eigenvalue weighted by molar-refractivity contribution is -0.120. The van der Waals surface area contributed by atoms with E-state index in [2.05, 4.69) is 17.1 Å². The zero-order chi connectivity index (χ0) is 13.4. The summed E-state index contributed by atoms with van der Waals surface area (Å²) >= 11 is 0. The Morgan fingerprint density at radius 2 is 2.39 bits per heavy atom. The first kappa shape index (κ1) is 15.4. The van der Waals surface area contributed by atoms with Crippen molar-refractivity contribution in [2.24, 2.45) is 11.7 Å². The molecule has 0 aromatic heterocycles. The third-order valence-corrected chi connectivity index (χ3v) is 3.30. The highest BCUT2D eigenvalue weighted by Gasteiger charge is 2.20. The highest BCUT2D eigenvalue weighted by atomic mass is 16.5. The number of carbonyl (C=O) groups excluding carboxylic acids is 1. The molecule has 5 nitrogen and oxygen atoms in total. The predicted octanol–water partition coefficient (Wildman–Crippen LogP) is 0.198. The Morgan fingerprint density at radius 3 is 2.94 bits per heavy atom. The smallest absolute Gasteiger partial charge is 0.235 e. The van der Waals surface area contributed by atoms with Crippen LogP contribution < -0.4 is 11.1 Å². The molecule has 0 bridgehead atoms. The molecule has 3 N–H and O–H groups in total. The molecule has 1 aliphatic rings. The second-order valence-electron chi connectivity index (χ2n) is 5.21. The third kappa shape index (κ3) is 5.80. The number of ether oxygens (including phenoxy) is 1. The number of nitrogens with zero attached hydrogens (tertiary/aromatic N) is 1. The molecule has 1 heterocycles. The number of carbonyl (C=O) groups is 1. The van der Waals surface area contributed by atoms with Gasteiger partial charge in [0.05, 0.1) is 12.6 Å². The van der Waals surface area contributed by atoms with Crippen molar-refractivity contribution in [2.75, 3.05) is 39.9 Å². The van der Waals surface area contributed by atoms with Gasteiger partial charge in [-0.1, -0.05) is 6.92 Å². The van der Waals surface area contributed by atoms with Crippen LogP contribution in [0.3, 0.4) is 0 Å². The van der Waals surface area contributed by atoms with Crippen LogP contribution in [0.1, 0.15) is 26.2 Å². The Morgan fingerprint density at radius 1 is 1.61 bits per heavy atom. The van der Waals surface area contributed by atoms with E-state index in [0.29, 0.717) is 12.5 Å². The summed E-state index contributed by atoms with van der Waals surface area (Å²) in [6.07, 6.45) is 3.36. The van der Waals surface area contributed by atoms with Crippen LogP contribution in [-0.4, -0.2) is 56.7 Å². The molecular formula is C13H27N3O2. The summed E-state index contributed by atoms with van der Waals surface area (Å²) in [5, 5.41) is 3.19. The van der Waals surface area contributed by atoms with Gasteiger partial charge in [0, 0.05) is 19.7 Å². The number of nitrogens with two attached hydrogens (primary N) is 1. The summed E-state index contributed by atoms with van der Waals surface area (Å²) in [5.41, 5.74) is 5.41. The topological polar surface area (TPSA) is 67.6 Å². The molecule has 0 aromatic carbocycles. The van der Waals surface area contributed by atoms with Crippen molar-refractivity contribution in [1.29, 1.82) is 0 Å². The van der Waals surface area contributed by atoms with Crippen LogP contribution in [0.5, 0.6) is 0 Å². The molecule has 106 valence electrons. The zero-order valence-electron chi connectivity index (χ0n) is 11.7. The van der Waals surface area contributed by atoms with Gasteiger partial charge in [-0.25, -0.2) is 0 Å². The molecule has 18 heavy (non-hydrogen) atoms. The quantitative estimate of drug-likeness (QED) is 0.652. The van der Waals surface area contributed by atoms with Crippen LogP contribution >= 0.6 is 0 Å². The first-order valence-corrected chi connectivity index (χ1v) is 6.92. The third-order valence-electron chi connectivity index (χ3n) is 3.30. The fourth-order valence-corrected chi connectivity index (χ4v) is 2.35. The fraction of sp³-hybridized carbons (Fsp3) is 0.923. The molecule has 0 aliphatic carbocycles. The molecular weight excluding hydrogens is 230 g/mol. The largest absolute Gasteiger partial charge is 0.381 e. The SMILES string of the molecule is CCCNC(CN(C)CC1CCCOC1)C(N)=O. The van der Waals surface area contributed by atoms with Gasteiger partial charge in [0.25, 0.3) is 0 Å². The van der Waals surface area contributed by atoms with E-state index in [9.17, 15) is 4.79 Å². The average molecular weight is 257 g/mol. The molecule has 1 rings (SSSR count). The van der Waals surface area contributed by atoms with Gasteiger partial charge in [-0.05, 0) is 38.8 Å². The number of likely N-dealkylation sites (N-methyl/N-ethyl adjacent to an activating group) is 1. The maximum absolute atomic E-state index is 11.3. The number of hydrogen-bond acceptors (Lipinski definition) is 4. The van der Waals surface area contributed by atoms with Crippen molar-refractivity contribution in [3.8, 4) is 0 Å². The molecule has 0 saturated carbocycles. The Labute approximate surface area is 110 Å². The maximum atomic E-state index is 11.3. The van der Waals surface area contributed by atoms with Crippen molar-refractivity contribution in [3.05, 3.63) is 0 Å². The van der Waals surface area contributed by atoms with Crippen LogP contribution in [0.15, 0.2) is 0 Å². The Kier molecular flexibility index (Phi) is 7.23. The molecule has 1 aliphatic heterocycles. The van der Waals surface area contributed by atoms with E-state index < -0.39 is 0 Å². The molecule has 0 spiro atoms. The molecule has 1 saturated heterocycles. The monoisotopic (exact) mass is 257 g/mol. The number of rotatable bonds is 8. The van der Waals surface area contributed by atoms with Crippen molar-refractivity contribution in [2.45, 2.75) is 32.2 Å². The Balaban J connectivity index is 2.30. The number of amides is 1. The summed E-state index contributed by atoms with van der Waals surface area (Å²) in [6.45, 7) is 6.28. The highest BCUT2D eigenvalue weighted by Crippen LogP contribution is 2.14. The Bertz CT molecular complexity index is 242. The lowest BCUT2D eigenvalue weighted by atomic mass is 10.0. The second kappa shape index (κ2) is 8.45. The van der Waals surface area contributed by atoms with E-state index in [4.69, 9.17) is 10.5 Å². The molecule has 0 aromatic rings. The molecule has 2 unspecified atom stereocenters. The van der Waals surface area contributed by atoms with Gasteiger partial charge in [0.15, 0.2) is 0 Å². The summed E-state index contributed by atoms with van der Waals surface area (Å²) in [5.74, 6) is 0.318. The van der Waals surface area contributed by atoms with Crippen LogP contribution in [0.25, 0.3) is 0 Å². The molecule has 1 amide bonds. The number of primary amides is 1. The molecule has 1 fully saturated rings. The summed E-state index contributed by atoms with van der Waals surface area (Å²) in [6, 6.07) is -0.251. The number of nitrogens with one attached hydrogen (secondary N) is 1. The highest BCUT2D eigenvalue weighted by molar-refractivity contribution is 5.80. The summed E-state index contributed by atoms with van der Waals surface area (Å²) in [7, 11) is 2.04. The maximum Gasteiger partial charge on any atom is 0.235 e. The second-order valence-corrected chi connectivity index (χ2v) is 5.21. The normalized spacial score (nSPS) is 22.1. The van der Waals surface area contributed by atoms with Gasteiger partial charge < -0.3 is 20.7 Å². The van der Waals surface area contributed by atoms with E-state index in [0.717, 1.165) is 39.1 Å². The molecule has 5 heteroatoms. The average Bonchev–Trinajstić information content (AvgIpc) is 2.35. The summed E-state index contributed by atoms with van der Waals surface area (Å²) < 4.78 is 5.47. The number of hydrogen-bond donors (Lipinski definition) is 2. The van der Waals surface area contributed by atoms with Crippen LogP contribution in [-0.2, 0) is 9.53 Å². The minimum Gasteiger partial charge on any atom is -0.381 e. The Hall–Kier alpha value is -0.650. The van der Waals surface area contributed by atoms with E-state index in [-0.39, 0.29) is 11.9 Å². The van der Waals surface area contributed by atoms with Crippen LogP contribution in [0, 0.1) is 5.92 Å². The van der Waals surface area contributed by atoms with Crippen molar-refractivity contribution < 1.29 is 9.53 Å². The standard InChI is InChI=1S/C13H27N3O2/c1-3-6-15-12(13(14)17)9-16(2)8-11-5-4-7-18-10-11/h11-12,15H,3-10H2,1-2H3,(H2,14,17).